The molecule has 1 aromatic heterocycles. The number of ether oxygens (including phenoxy) is 1. The van der Waals surface area contributed by atoms with Crippen LogP contribution < -0.4 is 4.74 Å². The van der Waals surface area contributed by atoms with Gasteiger partial charge in [0.15, 0.2) is 5.75 Å². The minimum atomic E-state index is -3.75. The number of H-pyrrole nitrogens is 1. The molecule has 0 aliphatic carbocycles. The molecule has 0 saturated carbocycles. The Hall–Kier alpha value is -0.720. The van der Waals surface area contributed by atoms with Crippen LogP contribution in [0.5, 0.6) is 5.75 Å². The van der Waals surface area contributed by atoms with E-state index < -0.39 is 9.05 Å². The molecular weight excluding hydrogens is 318 g/mol. The predicted molar refractivity (Wildman–Crippen MR) is 65.6 cm³/mol. The van der Waals surface area contributed by atoms with Gasteiger partial charge in [-0.15, -0.1) is 0 Å². The molecule has 0 saturated heterocycles. The maximum Gasteiger partial charge on any atom is 0.263 e. The molecule has 0 unspecified atom stereocenters. The number of hydrogen-bond donors (Lipinski definition) is 1. The second-order valence-electron chi connectivity index (χ2n) is 3.09. The summed E-state index contributed by atoms with van der Waals surface area (Å²) >= 11 is 3.31. The minimum Gasteiger partial charge on any atom is -0.493 e. The fourth-order valence-corrected chi connectivity index (χ4v) is 3.03. The number of nitrogens with one attached hydrogen (secondary N) is 1. The number of hydrogen-bond acceptors (Lipinski definition) is 3. The predicted octanol–water partition coefficient (Wildman–Crippen LogP) is 2.87. The summed E-state index contributed by atoms with van der Waals surface area (Å²) in [5.41, 5.74) is 0.594. The largest absolute Gasteiger partial charge is 0.493 e. The third kappa shape index (κ3) is 1.81. The van der Waals surface area contributed by atoms with Crippen molar-refractivity contribution in [3.8, 4) is 5.75 Å². The molecule has 7 heteroatoms. The van der Waals surface area contributed by atoms with E-state index in [1.165, 1.54) is 13.3 Å². The summed E-state index contributed by atoms with van der Waals surface area (Å²) in [6.45, 7) is 0. The Balaban J connectivity index is 2.87. The van der Waals surface area contributed by atoms with Crippen LogP contribution in [0.15, 0.2) is 27.7 Å². The molecule has 0 amide bonds. The molecule has 16 heavy (non-hydrogen) atoms. The first kappa shape index (κ1) is 11.8. The van der Waals surface area contributed by atoms with Crippen LogP contribution in [-0.4, -0.2) is 20.5 Å². The summed E-state index contributed by atoms with van der Waals surface area (Å²) < 4.78 is 28.5. The van der Waals surface area contributed by atoms with Crippen molar-refractivity contribution in [2.24, 2.45) is 0 Å². The van der Waals surface area contributed by atoms with Crippen molar-refractivity contribution in [3.05, 3.63) is 22.8 Å². The number of aromatic amines is 1. The highest BCUT2D eigenvalue weighted by Crippen LogP contribution is 2.36. The lowest BCUT2D eigenvalue weighted by atomic mass is 10.2. The van der Waals surface area contributed by atoms with Gasteiger partial charge in [-0.1, -0.05) is 6.07 Å². The van der Waals surface area contributed by atoms with Crippen molar-refractivity contribution in [1.82, 2.24) is 4.98 Å². The number of halogens is 2. The van der Waals surface area contributed by atoms with Gasteiger partial charge in [-0.25, -0.2) is 8.42 Å². The monoisotopic (exact) mass is 323 g/mol. The fraction of sp³-hybridized carbons (Fsp3) is 0.111. The minimum absolute atomic E-state index is 0.0509. The number of benzene rings is 1. The molecule has 0 spiro atoms. The van der Waals surface area contributed by atoms with Crippen molar-refractivity contribution in [2.75, 3.05) is 7.11 Å². The van der Waals surface area contributed by atoms with Crippen molar-refractivity contribution in [1.29, 1.82) is 0 Å². The smallest absolute Gasteiger partial charge is 0.263 e. The molecule has 1 N–H and O–H groups in total. The maximum atomic E-state index is 11.3. The molecule has 2 aromatic rings. The van der Waals surface area contributed by atoms with Crippen molar-refractivity contribution in [2.45, 2.75) is 4.90 Å². The van der Waals surface area contributed by atoms with Crippen LogP contribution in [0.4, 0.5) is 0 Å². The van der Waals surface area contributed by atoms with Gasteiger partial charge in [0.1, 0.15) is 4.90 Å². The van der Waals surface area contributed by atoms with Crippen LogP contribution in [0.3, 0.4) is 0 Å². The van der Waals surface area contributed by atoms with Gasteiger partial charge < -0.3 is 9.72 Å². The zero-order valence-electron chi connectivity index (χ0n) is 8.12. The molecular formula is C9H7BrClNO3S. The Morgan fingerprint density at radius 3 is 2.69 bits per heavy atom. The first-order valence-corrected chi connectivity index (χ1v) is 7.33. The highest BCUT2D eigenvalue weighted by Gasteiger charge is 2.18. The summed E-state index contributed by atoms with van der Waals surface area (Å²) in [5, 5.41) is 0.509. The maximum absolute atomic E-state index is 11.3. The molecule has 0 atom stereocenters. The van der Waals surface area contributed by atoms with Gasteiger partial charge in [-0.3, -0.25) is 0 Å². The van der Waals surface area contributed by atoms with Gasteiger partial charge in [0.25, 0.3) is 9.05 Å². The zero-order valence-corrected chi connectivity index (χ0v) is 11.3. The van der Waals surface area contributed by atoms with Crippen molar-refractivity contribution < 1.29 is 13.2 Å². The van der Waals surface area contributed by atoms with Gasteiger partial charge in [0.2, 0.25) is 0 Å². The van der Waals surface area contributed by atoms with E-state index in [0.717, 1.165) is 4.47 Å². The topological polar surface area (TPSA) is 59.2 Å². The van der Waals surface area contributed by atoms with Crippen LogP contribution in [-0.2, 0) is 9.05 Å². The Bertz CT molecular complexity index is 650. The second kappa shape index (κ2) is 3.94. The fourth-order valence-electron chi connectivity index (χ4n) is 1.52. The van der Waals surface area contributed by atoms with E-state index in [9.17, 15) is 8.42 Å². The van der Waals surface area contributed by atoms with E-state index in [1.54, 1.807) is 12.1 Å². The van der Waals surface area contributed by atoms with Gasteiger partial charge >= 0.3 is 0 Å². The van der Waals surface area contributed by atoms with E-state index >= 15 is 0 Å². The Labute approximate surface area is 105 Å². The molecule has 4 nitrogen and oxygen atoms in total. The van der Waals surface area contributed by atoms with Gasteiger partial charge in [0, 0.05) is 22.3 Å². The summed E-state index contributed by atoms with van der Waals surface area (Å²) in [7, 11) is 3.07. The highest BCUT2D eigenvalue weighted by atomic mass is 79.9. The molecule has 0 bridgehead atoms. The third-order valence-corrected chi connectivity index (χ3v) is 4.18. The molecule has 0 fully saturated rings. The normalized spacial score (nSPS) is 11.9. The van der Waals surface area contributed by atoms with Crippen LogP contribution in [0.25, 0.3) is 10.9 Å². The molecule has 1 aromatic carbocycles. The average molecular weight is 325 g/mol. The zero-order chi connectivity index (χ0) is 11.9. The summed E-state index contributed by atoms with van der Waals surface area (Å²) in [6, 6.07) is 3.37. The van der Waals surface area contributed by atoms with Crippen LogP contribution in [0.2, 0.25) is 0 Å². The van der Waals surface area contributed by atoms with Gasteiger partial charge in [-0.2, -0.15) is 0 Å². The standard InChI is InChI=1S/C9H7BrClNO3S/c1-15-9-6(10)3-2-5-7(16(11,13)14)4-12-8(5)9/h2-4,12H,1H3. The molecule has 86 valence electrons. The first-order valence-electron chi connectivity index (χ1n) is 4.23. The van der Waals surface area contributed by atoms with Crippen LogP contribution >= 0.6 is 26.6 Å². The lowest BCUT2D eigenvalue weighted by Gasteiger charge is -2.04. The lowest BCUT2D eigenvalue weighted by Crippen LogP contribution is -1.89. The summed E-state index contributed by atoms with van der Waals surface area (Å²) in [4.78, 5) is 2.89. The average Bonchev–Trinajstić information content (AvgIpc) is 2.60. The molecule has 0 radical (unpaired) electrons. The van der Waals surface area contributed by atoms with Crippen LogP contribution in [0.1, 0.15) is 0 Å². The van der Waals surface area contributed by atoms with E-state index in [1.807, 2.05) is 0 Å². The number of aromatic nitrogens is 1. The van der Waals surface area contributed by atoms with Crippen molar-refractivity contribution >= 4 is 46.6 Å². The Kier molecular flexibility index (Phi) is 2.90. The number of fused-ring (bicyclic) bond motifs is 1. The van der Waals surface area contributed by atoms with E-state index in [2.05, 4.69) is 20.9 Å². The Morgan fingerprint density at radius 2 is 2.12 bits per heavy atom. The molecule has 2 rings (SSSR count). The van der Waals surface area contributed by atoms with Gasteiger partial charge in [-0.05, 0) is 22.0 Å². The number of methoxy groups -OCH3 is 1. The first-order chi connectivity index (χ1) is 7.45. The quantitative estimate of drug-likeness (QED) is 0.864. The highest BCUT2D eigenvalue weighted by molar-refractivity contribution is 9.10. The second-order valence-corrected chi connectivity index (χ2v) is 6.48. The van der Waals surface area contributed by atoms with Crippen LogP contribution in [0, 0.1) is 0 Å². The number of rotatable bonds is 2. The lowest BCUT2D eigenvalue weighted by molar-refractivity contribution is 0.416. The molecule has 0 aliphatic heterocycles. The summed E-state index contributed by atoms with van der Waals surface area (Å²) in [6.07, 6.45) is 1.35. The molecule has 0 aliphatic rings. The van der Waals surface area contributed by atoms with E-state index in [4.69, 9.17) is 15.4 Å². The SMILES string of the molecule is COc1c(Br)ccc2c(S(=O)(=O)Cl)c[nH]c12. The van der Waals surface area contributed by atoms with Gasteiger partial charge in [0.05, 0.1) is 17.1 Å². The Morgan fingerprint density at radius 1 is 1.44 bits per heavy atom. The van der Waals surface area contributed by atoms with Crippen molar-refractivity contribution in [3.63, 3.8) is 0 Å². The van der Waals surface area contributed by atoms with E-state index in [-0.39, 0.29) is 4.90 Å². The third-order valence-electron chi connectivity index (χ3n) is 2.19. The molecule has 1 heterocycles. The van der Waals surface area contributed by atoms with E-state index in [0.29, 0.717) is 16.7 Å². The summed E-state index contributed by atoms with van der Waals surface area (Å²) in [5.74, 6) is 0.545.